The minimum atomic E-state index is 0.0204. The summed E-state index contributed by atoms with van der Waals surface area (Å²) in [4.78, 5) is 13.7. The molecule has 2 aromatic heterocycles. The Morgan fingerprint density at radius 2 is 1.50 bits per heavy atom. The molecule has 5 aromatic rings. The van der Waals surface area contributed by atoms with E-state index in [4.69, 9.17) is 9.47 Å². The van der Waals surface area contributed by atoms with E-state index in [1.165, 1.54) is 0 Å². The molecule has 0 spiro atoms. The number of benzene rings is 3. The first-order valence-corrected chi connectivity index (χ1v) is 14.7. The smallest absolute Gasteiger partial charge is 0.261 e. The van der Waals surface area contributed by atoms with Crippen LogP contribution in [0.2, 0.25) is 0 Å². The van der Waals surface area contributed by atoms with Crippen LogP contribution in [0.15, 0.2) is 95.6 Å². The number of rotatable bonds is 8. The van der Waals surface area contributed by atoms with Gasteiger partial charge in [0.15, 0.2) is 0 Å². The maximum absolute atomic E-state index is 13.7. The van der Waals surface area contributed by atoms with Gasteiger partial charge in [0.25, 0.3) is 5.56 Å². The van der Waals surface area contributed by atoms with Crippen LogP contribution in [0.25, 0.3) is 17.0 Å². The Kier molecular flexibility index (Phi) is 7.29. The Morgan fingerprint density at radius 1 is 0.841 bits per heavy atom. The predicted octanol–water partition coefficient (Wildman–Crippen LogP) is 4.27. The highest BCUT2D eigenvalue weighted by Crippen LogP contribution is 2.32. The third-order valence-corrected chi connectivity index (χ3v) is 8.34. The summed E-state index contributed by atoms with van der Waals surface area (Å²) in [5.74, 6) is 1.66. The second kappa shape index (κ2) is 11.6. The second-order valence-corrected chi connectivity index (χ2v) is 11.0. The number of fused-ring (bicyclic) bond motifs is 3. The van der Waals surface area contributed by atoms with Crippen LogP contribution in [0.5, 0.6) is 11.5 Å². The van der Waals surface area contributed by atoms with E-state index in [0.29, 0.717) is 26.1 Å². The average Bonchev–Trinajstić information content (AvgIpc) is 3.67. The minimum absolute atomic E-state index is 0.0204. The van der Waals surface area contributed by atoms with Crippen molar-refractivity contribution >= 4 is 11.3 Å². The molecule has 0 unspecified atom stereocenters. The van der Waals surface area contributed by atoms with Crippen LogP contribution in [-0.2, 0) is 26.1 Å². The van der Waals surface area contributed by atoms with Crippen LogP contribution >= 0.6 is 0 Å². The van der Waals surface area contributed by atoms with Gasteiger partial charge in [-0.3, -0.25) is 14.4 Å². The molecule has 0 saturated carbocycles. The first kappa shape index (κ1) is 27.8. The van der Waals surface area contributed by atoms with Gasteiger partial charge in [0.2, 0.25) is 0 Å². The number of allylic oxidation sites excluding steroid dienone is 1. The van der Waals surface area contributed by atoms with Crippen molar-refractivity contribution in [3.8, 4) is 17.2 Å². The van der Waals surface area contributed by atoms with Crippen LogP contribution in [0.3, 0.4) is 0 Å². The maximum atomic E-state index is 13.7. The van der Waals surface area contributed by atoms with Crippen LogP contribution in [0.1, 0.15) is 34.9 Å². The summed E-state index contributed by atoms with van der Waals surface area (Å²) in [6.45, 7) is 4.82. The number of hydrogen-bond donors (Lipinski definition) is 2. The number of ether oxygens (including phenoxy) is 2. The first-order chi connectivity index (χ1) is 21.5. The van der Waals surface area contributed by atoms with Crippen molar-refractivity contribution < 1.29 is 9.47 Å². The van der Waals surface area contributed by atoms with Gasteiger partial charge in [-0.1, -0.05) is 36.4 Å². The zero-order valence-corrected chi connectivity index (χ0v) is 25.1. The van der Waals surface area contributed by atoms with E-state index in [9.17, 15) is 4.79 Å². The van der Waals surface area contributed by atoms with E-state index in [1.54, 1.807) is 25.0 Å². The standard InChI is InChI=1S/C34H35N7O3/c1-23-33(26-8-10-27(11-9-26)40-32-17-19-36-41(32)31-20-35-18-16-30(31)34(40)42)38(21-24-4-12-28(43-2)13-5-24)39(37-23)22-25-6-14-29(44-3)15-7-25/h4-15,17,19,35,37H,16,18,20-22H2,1-3H3. The monoisotopic (exact) mass is 589 g/mol. The Morgan fingerprint density at radius 3 is 2.16 bits per heavy atom. The number of nitrogens with one attached hydrogen (secondary N) is 2. The lowest BCUT2D eigenvalue weighted by atomic mass is 10.1. The zero-order valence-electron chi connectivity index (χ0n) is 25.1. The number of nitrogens with zero attached hydrogens (tertiary/aromatic N) is 5. The molecule has 0 fully saturated rings. The summed E-state index contributed by atoms with van der Waals surface area (Å²) in [5.41, 5.74) is 12.4. The van der Waals surface area contributed by atoms with Gasteiger partial charge < -0.3 is 20.2 Å². The lowest BCUT2D eigenvalue weighted by Gasteiger charge is -2.32. The van der Waals surface area contributed by atoms with Crippen molar-refractivity contribution in [3.05, 3.63) is 129 Å². The summed E-state index contributed by atoms with van der Waals surface area (Å²) in [7, 11) is 3.35. The predicted molar refractivity (Wildman–Crippen MR) is 169 cm³/mol. The van der Waals surface area contributed by atoms with Gasteiger partial charge in [-0.25, -0.2) is 4.52 Å². The topological polar surface area (TPSA) is 88.3 Å². The molecule has 10 nitrogen and oxygen atoms in total. The van der Waals surface area contributed by atoms with Gasteiger partial charge in [-0.15, -0.1) is 5.12 Å². The van der Waals surface area contributed by atoms with Gasteiger partial charge in [0.05, 0.1) is 56.3 Å². The minimum Gasteiger partial charge on any atom is -0.497 e. The van der Waals surface area contributed by atoms with E-state index in [1.807, 2.05) is 47.0 Å². The lowest BCUT2D eigenvalue weighted by molar-refractivity contribution is -0.00231. The number of hydrazine groups is 2. The Labute approximate surface area is 255 Å². The van der Waals surface area contributed by atoms with E-state index in [-0.39, 0.29) is 5.56 Å². The molecular formula is C34H35N7O3. The zero-order chi connectivity index (χ0) is 30.2. The fourth-order valence-electron chi connectivity index (χ4n) is 6.12. The van der Waals surface area contributed by atoms with Gasteiger partial charge in [-0.05, 0) is 67.4 Å². The molecule has 0 atom stereocenters. The third kappa shape index (κ3) is 4.97. The molecule has 0 radical (unpaired) electrons. The summed E-state index contributed by atoms with van der Waals surface area (Å²) >= 11 is 0. The molecule has 4 heterocycles. The summed E-state index contributed by atoms with van der Waals surface area (Å²) in [6.07, 6.45) is 2.44. The van der Waals surface area contributed by atoms with Gasteiger partial charge in [-0.2, -0.15) is 5.10 Å². The molecule has 0 saturated heterocycles. The van der Waals surface area contributed by atoms with Crippen molar-refractivity contribution in [2.75, 3.05) is 20.8 Å². The highest BCUT2D eigenvalue weighted by atomic mass is 16.5. The number of hydrogen-bond acceptors (Lipinski definition) is 8. The fraction of sp³-hybridized carbons (Fsp3) is 0.235. The molecule has 2 N–H and O–H groups in total. The average molecular weight is 590 g/mol. The summed E-state index contributed by atoms with van der Waals surface area (Å²) < 4.78 is 14.4. The van der Waals surface area contributed by atoms with E-state index < -0.39 is 0 Å². The molecule has 2 aliphatic heterocycles. The molecule has 2 aliphatic rings. The molecule has 0 aliphatic carbocycles. The van der Waals surface area contributed by atoms with Crippen molar-refractivity contribution in [3.63, 3.8) is 0 Å². The Balaban J connectivity index is 1.24. The largest absolute Gasteiger partial charge is 0.497 e. The molecule has 3 aromatic carbocycles. The first-order valence-electron chi connectivity index (χ1n) is 14.7. The molecule has 224 valence electrons. The normalized spacial score (nSPS) is 15.0. The van der Waals surface area contributed by atoms with Crippen LogP contribution < -0.4 is 25.8 Å². The third-order valence-electron chi connectivity index (χ3n) is 8.34. The molecule has 7 rings (SSSR count). The number of methoxy groups -OCH3 is 2. The maximum Gasteiger partial charge on any atom is 0.261 e. The van der Waals surface area contributed by atoms with E-state index in [0.717, 1.165) is 68.7 Å². The Hall–Kier alpha value is -5.06. The van der Waals surface area contributed by atoms with Crippen molar-refractivity contribution in [1.29, 1.82) is 0 Å². The Bertz CT molecular complexity index is 1890. The highest BCUT2D eigenvalue weighted by Gasteiger charge is 2.29. The van der Waals surface area contributed by atoms with E-state index in [2.05, 4.69) is 69.3 Å². The van der Waals surface area contributed by atoms with Gasteiger partial charge in [0, 0.05) is 23.7 Å². The van der Waals surface area contributed by atoms with Crippen molar-refractivity contribution in [1.82, 2.24) is 35.1 Å². The molecule has 0 bridgehead atoms. The van der Waals surface area contributed by atoms with Gasteiger partial charge >= 0.3 is 0 Å². The lowest BCUT2D eigenvalue weighted by Crippen LogP contribution is -2.42. The molecule has 0 amide bonds. The molecule has 44 heavy (non-hydrogen) atoms. The van der Waals surface area contributed by atoms with E-state index >= 15 is 0 Å². The summed E-state index contributed by atoms with van der Waals surface area (Å²) in [5, 5.41) is 12.3. The quantitative estimate of drug-likeness (QED) is 0.278. The van der Waals surface area contributed by atoms with Crippen LogP contribution in [0, 0.1) is 0 Å². The number of aromatic nitrogens is 3. The van der Waals surface area contributed by atoms with Crippen LogP contribution in [0.4, 0.5) is 0 Å². The SMILES string of the molecule is COc1ccc(CN2NC(C)=C(c3ccc(-n4c(=O)c5c(n6nccc46)CNCC5)cc3)N2Cc2ccc(OC)cc2)cc1. The summed E-state index contributed by atoms with van der Waals surface area (Å²) in [6, 6.07) is 26.4. The fourth-order valence-corrected chi connectivity index (χ4v) is 6.12. The molecule has 10 heteroatoms. The van der Waals surface area contributed by atoms with Gasteiger partial charge in [0.1, 0.15) is 17.1 Å². The van der Waals surface area contributed by atoms with Crippen molar-refractivity contribution in [2.24, 2.45) is 0 Å². The highest BCUT2D eigenvalue weighted by molar-refractivity contribution is 5.69. The molecular weight excluding hydrogens is 554 g/mol. The second-order valence-electron chi connectivity index (χ2n) is 11.0. The van der Waals surface area contributed by atoms with Crippen LogP contribution in [-0.4, -0.2) is 45.1 Å². The van der Waals surface area contributed by atoms with Crippen molar-refractivity contribution in [2.45, 2.75) is 33.0 Å².